The van der Waals surface area contributed by atoms with Gasteiger partial charge < -0.3 is 9.80 Å². The van der Waals surface area contributed by atoms with Crippen LogP contribution in [0.5, 0.6) is 0 Å². The number of hydrogen-bond acceptors (Lipinski definition) is 4. The van der Waals surface area contributed by atoms with Gasteiger partial charge in [-0.3, -0.25) is 0 Å². The Morgan fingerprint density at radius 3 is 2.38 bits per heavy atom. The number of benzene rings is 3. The Morgan fingerprint density at radius 1 is 0.882 bits per heavy atom. The molecule has 5 rings (SSSR count). The first-order valence-corrected chi connectivity index (χ1v) is 13.6. The number of rotatable bonds is 7. The first-order chi connectivity index (χ1) is 16.4. The highest BCUT2D eigenvalue weighted by molar-refractivity contribution is 7.89. The van der Waals surface area contributed by atoms with Crippen molar-refractivity contribution in [3.63, 3.8) is 0 Å². The third-order valence-corrected chi connectivity index (χ3v) is 8.61. The van der Waals surface area contributed by atoms with Gasteiger partial charge in [0.05, 0.1) is 10.9 Å². The number of nitrogens with one attached hydrogen (secondary N) is 1. The summed E-state index contributed by atoms with van der Waals surface area (Å²) in [6.45, 7) is 1.19. The number of para-hydroxylation sites is 1. The minimum atomic E-state index is -3.61. The maximum atomic E-state index is 13.3. The Labute approximate surface area is 203 Å². The van der Waals surface area contributed by atoms with E-state index in [2.05, 4.69) is 63.1 Å². The summed E-state index contributed by atoms with van der Waals surface area (Å²) in [5.41, 5.74) is 7.21. The fourth-order valence-electron chi connectivity index (χ4n) is 5.24. The summed E-state index contributed by atoms with van der Waals surface area (Å²) in [5, 5.41) is 0. The minimum absolute atomic E-state index is 0.0905. The lowest BCUT2D eigenvalue weighted by Crippen LogP contribution is -2.37. The van der Waals surface area contributed by atoms with Gasteiger partial charge in [0.2, 0.25) is 10.0 Å². The van der Waals surface area contributed by atoms with Gasteiger partial charge in [0.15, 0.2) is 0 Å². The quantitative estimate of drug-likeness (QED) is 0.538. The average Bonchev–Trinajstić information content (AvgIpc) is 3.28. The van der Waals surface area contributed by atoms with E-state index in [0.717, 1.165) is 43.5 Å². The van der Waals surface area contributed by atoms with Crippen molar-refractivity contribution in [1.29, 1.82) is 0 Å². The van der Waals surface area contributed by atoms with Crippen molar-refractivity contribution in [2.24, 2.45) is 0 Å². The number of aryl methyl sites for hydroxylation is 2. The molecule has 0 spiro atoms. The van der Waals surface area contributed by atoms with E-state index in [4.69, 9.17) is 0 Å². The monoisotopic (exact) mass is 475 g/mol. The van der Waals surface area contributed by atoms with E-state index in [-0.39, 0.29) is 6.04 Å². The molecule has 0 unspecified atom stereocenters. The van der Waals surface area contributed by atoms with Crippen LogP contribution < -0.4 is 14.5 Å². The molecular weight excluding hydrogens is 442 g/mol. The van der Waals surface area contributed by atoms with Crippen LogP contribution in [0, 0.1) is 0 Å². The van der Waals surface area contributed by atoms with Gasteiger partial charge in [0.25, 0.3) is 0 Å². The lowest BCUT2D eigenvalue weighted by Gasteiger charge is -2.31. The zero-order valence-electron chi connectivity index (χ0n) is 20.0. The fraction of sp³-hybridized carbons (Fsp3) is 0.357. The normalized spacial score (nSPS) is 16.1. The van der Waals surface area contributed by atoms with E-state index in [9.17, 15) is 8.42 Å². The minimum Gasteiger partial charge on any atom is -0.378 e. The molecule has 1 aliphatic heterocycles. The zero-order valence-corrected chi connectivity index (χ0v) is 20.8. The van der Waals surface area contributed by atoms with Crippen molar-refractivity contribution < 1.29 is 8.42 Å². The van der Waals surface area contributed by atoms with E-state index in [0.29, 0.717) is 11.4 Å². The van der Waals surface area contributed by atoms with Crippen LogP contribution in [0.15, 0.2) is 71.6 Å². The molecule has 34 heavy (non-hydrogen) atoms. The van der Waals surface area contributed by atoms with Gasteiger partial charge in [-0.25, -0.2) is 13.1 Å². The molecular formula is C28H33N3O2S. The van der Waals surface area contributed by atoms with E-state index in [1.54, 1.807) is 6.07 Å². The molecule has 0 radical (unpaired) electrons. The van der Waals surface area contributed by atoms with Crippen LogP contribution >= 0.6 is 0 Å². The van der Waals surface area contributed by atoms with Crippen molar-refractivity contribution >= 4 is 21.4 Å². The van der Waals surface area contributed by atoms with Gasteiger partial charge in [-0.1, -0.05) is 36.4 Å². The molecule has 1 atom stereocenters. The molecule has 1 N–H and O–H groups in total. The third-order valence-electron chi connectivity index (χ3n) is 7.19. The predicted octanol–water partition coefficient (Wildman–Crippen LogP) is 4.71. The SMILES string of the molecule is CN(C)c1ccc([C@H](CNS(=O)(=O)c2ccc3c(c2)CCCC3)N2CCc3ccccc32)cc1. The summed E-state index contributed by atoms with van der Waals surface area (Å²) >= 11 is 0. The van der Waals surface area contributed by atoms with Crippen LogP contribution in [0.25, 0.3) is 0 Å². The van der Waals surface area contributed by atoms with Crippen LogP contribution in [-0.4, -0.2) is 35.6 Å². The predicted molar refractivity (Wildman–Crippen MR) is 139 cm³/mol. The molecule has 178 valence electrons. The topological polar surface area (TPSA) is 52.7 Å². The largest absolute Gasteiger partial charge is 0.378 e. The average molecular weight is 476 g/mol. The molecule has 5 nitrogen and oxygen atoms in total. The van der Waals surface area contributed by atoms with Gasteiger partial charge in [-0.2, -0.15) is 0 Å². The Hall–Kier alpha value is -2.83. The highest BCUT2D eigenvalue weighted by Crippen LogP contribution is 2.35. The van der Waals surface area contributed by atoms with Crippen molar-refractivity contribution in [1.82, 2.24) is 4.72 Å². The van der Waals surface area contributed by atoms with E-state index < -0.39 is 10.0 Å². The van der Waals surface area contributed by atoms with E-state index >= 15 is 0 Å². The van der Waals surface area contributed by atoms with Gasteiger partial charge in [0.1, 0.15) is 0 Å². The summed E-state index contributed by atoms with van der Waals surface area (Å²) in [6, 6.07) is 22.4. The fourth-order valence-corrected chi connectivity index (χ4v) is 6.33. The molecule has 6 heteroatoms. The van der Waals surface area contributed by atoms with Gasteiger partial charge in [-0.15, -0.1) is 0 Å². The second-order valence-corrected chi connectivity index (χ2v) is 11.3. The number of anilines is 2. The summed E-state index contributed by atoms with van der Waals surface area (Å²) < 4.78 is 29.6. The Balaban J connectivity index is 1.43. The molecule has 0 aromatic heterocycles. The lowest BCUT2D eigenvalue weighted by atomic mass is 9.92. The van der Waals surface area contributed by atoms with Crippen LogP contribution in [0.4, 0.5) is 11.4 Å². The highest BCUT2D eigenvalue weighted by atomic mass is 32.2. The highest BCUT2D eigenvalue weighted by Gasteiger charge is 2.29. The lowest BCUT2D eigenvalue weighted by molar-refractivity contribution is 0.562. The standard InChI is InChI=1S/C28H33N3O2S/c1-30(2)25-14-11-23(12-15-25)28(31-18-17-22-8-5-6-10-27(22)31)20-29-34(32,33)26-16-13-21-7-3-4-9-24(21)19-26/h5-6,8,10-16,19,28-29H,3-4,7,9,17-18,20H2,1-2H3/t28-/m0/s1. The second-order valence-electron chi connectivity index (χ2n) is 9.56. The Kier molecular flexibility index (Phi) is 6.36. The van der Waals surface area contributed by atoms with Crippen molar-refractivity contribution in [2.75, 3.05) is 37.0 Å². The Morgan fingerprint density at radius 2 is 1.62 bits per heavy atom. The smallest absolute Gasteiger partial charge is 0.240 e. The molecule has 3 aromatic carbocycles. The molecule has 1 heterocycles. The van der Waals surface area contributed by atoms with Gasteiger partial charge in [0, 0.05) is 38.6 Å². The van der Waals surface area contributed by atoms with Gasteiger partial charge in [-0.05, 0) is 84.7 Å². The molecule has 3 aromatic rings. The molecule has 0 bridgehead atoms. The maximum Gasteiger partial charge on any atom is 0.240 e. The maximum absolute atomic E-state index is 13.3. The summed E-state index contributed by atoms with van der Waals surface area (Å²) in [4.78, 5) is 4.79. The molecule has 0 amide bonds. The number of hydrogen-bond donors (Lipinski definition) is 1. The van der Waals surface area contributed by atoms with Gasteiger partial charge >= 0.3 is 0 Å². The molecule has 0 fully saturated rings. The van der Waals surface area contributed by atoms with E-state index in [1.807, 2.05) is 26.2 Å². The first kappa shape index (κ1) is 22.9. The summed E-state index contributed by atoms with van der Waals surface area (Å²) in [5.74, 6) is 0. The number of fused-ring (bicyclic) bond motifs is 2. The molecule has 2 aliphatic rings. The van der Waals surface area contributed by atoms with E-state index in [1.165, 1.54) is 28.8 Å². The van der Waals surface area contributed by atoms with Crippen LogP contribution in [0.3, 0.4) is 0 Å². The number of nitrogens with zero attached hydrogens (tertiary/aromatic N) is 2. The second kappa shape index (κ2) is 9.43. The summed E-state index contributed by atoms with van der Waals surface area (Å²) in [6.07, 6.45) is 5.29. The van der Waals surface area contributed by atoms with Crippen molar-refractivity contribution in [2.45, 2.75) is 43.0 Å². The van der Waals surface area contributed by atoms with Crippen LogP contribution in [0.1, 0.15) is 41.1 Å². The summed E-state index contributed by atoms with van der Waals surface area (Å²) in [7, 11) is 0.437. The van der Waals surface area contributed by atoms with Crippen LogP contribution in [-0.2, 0) is 29.3 Å². The van der Waals surface area contributed by atoms with Crippen molar-refractivity contribution in [3.05, 3.63) is 89.0 Å². The Bertz CT molecular complexity index is 1270. The molecule has 0 saturated heterocycles. The third kappa shape index (κ3) is 4.57. The first-order valence-electron chi connectivity index (χ1n) is 12.2. The molecule has 0 saturated carbocycles. The number of sulfonamides is 1. The van der Waals surface area contributed by atoms with Crippen LogP contribution in [0.2, 0.25) is 0 Å². The zero-order chi connectivity index (χ0) is 23.7. The molecule has 1 aliphatic carbocycles. The van der Waals surface area contributed by atoms with Crippen molar-refractivity contribution in [3.8, 4) is 0 Å².